The van der Waals surface area contributed by atoms with E-state index < -0.39 is 0 Å². The molecule has 5 nitrogen and oxygen atoms in total. The molecule has 0 bridgehead atoms. The first-order valence-corrected chi connectivity index (χ1v) is 7.71. The zero-order valence-corrected chi connectivity index (χ0v) is 13.5. The quantitative estimate of drug-likeness (QED) is 0.626. The Labute approximate surface area is 141 Å². The smallest absolute Gasteiger partial charge is 0.251 e. The van der Waals surface area contributed by atoms with E-state index in [1.165, 1.54) is 0 Å². The molecule has 0 radical (unpaired) electrons. The normalized spacial score (nSPS) is 13.5. The Balaban J connectivity index is 1.68. The molecule has 0 spiro atoms. The summed E-state index contributed by atoms with van der Waals surface area (Å²) in [7, 11) is 1.58. The number of para-hydroxylation sites is 2. The van der Waals surface area contributed by atoms with Crippen molar-refractivity contribution in [1.29, 1.82) is 0 Å². The Hall–Kier alpha value is -2.79. The van der Waals surface area contributed by atoms with Crippen LogP contribution in [0.1, 0.15) is 5.56 Å². The number of fused-ring (bicyclic) bond motifs is 1. The minimum atomic E-state index is -0.0644. The zero-order chi connectivity index (χ0) is 16.8. The standard InChI is InChI=1S/C19H19NO4/c1-22-14-24-16-9-6-15(7-10-16)8-11-19(21)20-12-13-23-18-5-3-2-4-17(18)20/h2-11H,12-14H2,1H3/b11-8+. The van der Waals surface area contributed by atoms with Crippen molar-refractivity contribution < 1.29 is 19.0 Å². The van der Waals surface area contributed by atoms with Crippen molar-refractivity contribution in [3.05, 3.63) is 60.2 Å². The molecule has 1 aliphatic heterocycles. The largest absolute Gasteiger partial charge is 0.490 e. The molecule has 0 fully saturated rings. The van der Waals surface area contributed by atoms with Crippen LogP contribution in [0.4, 0.5) is 5.69 Å². The molecule has 1 heterocycles. The molecule has 0 atom stereocenters. The molecule has 0 saturated carbocycles. The zero-order valence-electron chi connectivity index (χ0n) is 13.5. The van der Waals surface area contributed by atoms with Gasteiger partial charge in [0.1, 0.15) is 18.1 Å². The molecule has 5 heteroatoms. The van der Waals surface area contributed by atoms with E-state index in [-0.39, 0.29) is 12.7 Å². The van der Waals surface area contributed by atoms with Gasteiger partial charge >= 0.3 is 0 Å². The van der Waals surface area contributed by atoms with E-state index in [1.807, 2.05) is 48.5 Å². The van der Waals surface area contributed by atoms with Crippen LogP contribution in [0.15, 0.2) is 54.6 Å². The van der Waals surface area contributed by atoms with Gasteiger partial charge in [0, 0.05) is 13.2 Å². The number of amides is 1. The minimum Gasteiger partial charge on any atom is -0.490 e. The van der Waals surface area contributed by atoms with Gasteiger partial charge in [-0.1, -0.05) is 24.3 Å². The van der Waals surface area contributed by atoms with Crippen LogP contribution in [0.3, 0.4) is 0 Å². The number of methoxy groups -OCH3 is 1. The van der Waals surface area contributed by atoms with E-state index >= 15 is 0 Å². The second kappa shape index (κ2) is 7.66. The van der Waals surface area contributed by atoms with Crippen molar-refractivity contribution in [3.63, 3.8) is 0 Å². The maximum atomic E-state index is 12.5. The number of ether oxygens (including phenoxy) is 3. The van der Waals surface area contributed by atoms with Crippen LogP contribution in [0, 0.1) is 0 Å². The van der Waals surface area contributed by atoms with E-state index in [2.05, 4.69) is 0 Å². The summed E-state index contributed by atoms with van der Waals surface area (Å²) in [6.07, 6.45) is 3.37. The summed E-state index contributed by atoms with van der Waals surface area (Å²) in [5.41, 5.74) is 1.73. The topological polar surface area (TPSA) is 48.0 Å². The van der Waals surface area contributed by atoms with Crippen LogP contribution < -0.4 is 14.4 Å². The first-order valence-electron chi connectivity index (χ1n) is 7.71. The first-order chi connectivity index (χ1) is 11.8. The van der Waals surface area contributed by atoms with Gasteiger partial charge in [-0.05, 0) is 35.9 Å². The predicted molar refractivity (Wildman–Crippen MR) is 92.3 cm³/mol. The SMILES string of the molecule is COCOc1ccc(/C=C/C(=O)N2CCOc3ccccc32)cc1. The number of carbonyl (C=O) groups is 1. The van der Waals surface area contributed by atoms with Crippen molar-refractivity contribution in [2.75, 3.05) is 32.0 Å². The monoisotopic (exact) mass is 325 g/mol. The van der Waals surface area contributed by atoms with Crippen LogP contribution in [-0.4, -0.2) is 33.0 Å². The maximum absolute atomic E-state index is 12.5. The summed E-state index contributed by atoms with van der Waals surface area (Å²) >= 11 is 0. The van der Waals surface area contributed by atoms with Crippen molar-refractivity contribution in [2.24, 2.45) is 0 Å². The summed E-state index contributed by atoms with van der Waals surface area (Å²) in [6.45, 7) is 1.26. The number of benzene rings is 2. The van der Waals surface area contributed by atoms with E-state index in [0.29, 0.717) is 13.2 Å². The highest BCUT2D eigenvalue weighted by Gasteiger charge is 2.21. The number of hydrogen-bond acceptors (Lipinski definition) is 4. The Morgan fingerprint density at radius 2 is 2.00 bits per heavy atom. The van der Waals surface area contributed by atoms with Gasteiger partial charge in [0.15, 0.2) is 6.79 Å². The highest BCUT2D eigenvalue weighted by molar-refractivity contribution is 6.04. The van der Waals surface area contributed by atoms with Gasteiger partial charge in [0.05, 0.1) is 12.2 Å². The fourth-order valence-electron chi connectivity index (χ4n) is 2.46. The third-order valence-corrected chi connectivity index (χ3v) is 3.64. The highest BCUT2D eigenvalue weighted by atomic mass is 16.7. The third kappa shape index (κ3) is 3.75. The Morgan fingerprint density at radius 3 is 2.79 bits per heavy atom. The fourth-order valence-corrected chi connectivity index (χ4v) is 2.46. The van der Waals surface area contributed by atoms with Crippen LogP contribution in [0.2, 0.25) is 0 Å². The summed E-state index contributed by atoms with van der Waals surface area (Å²) in [5, 5.41) is 0. The van der Waals surface area contributed by atoms with E-state index in [9.17, 15) is 4.79 Å². The molecule has 0 unspecified atom stereocenters. The Bertz CT molecular complexity index is 724. The lowest BCUT2D eigenvalue weighted by molar-refractivity contribution is -0.114. The molecule has 0 saturated heterocycles. The average molecular weight is 325 g/mol. The molecule has 0 aromatic heterocycles. The van der Waals surface area contributed by atoms with Gasteiger partial charge < -0.3 is 19.1 Å². The van der Waals surface area contributed by atoms with Crippen molar-refractivity contribution >= 4 is 17.7 Å². The van der Waals surface area contributed by atoms with E-state index in [4.69, 9.17) is 14.2 Å². The number of rotatable bonds is 5. The highest BCUT2D eigenvalue weighted by Crippen LogP contribution is 2.31. The lowest BCUT2D eigenvalue weighted by Crippen LogP contribution is -2.36. The fraction of sp³-hybridized carbons (Fsp3) is 0.211. The van der Waals surface area contributed by atoms with Gasteiger partial charge in [-0.15, -0.1) is 0 Å². The molecule has 2 aromatic rings. The number of nitrogens with zero attached hydrogens (tertiary/aromatic N) is 1. The molecular formula is C19H19NO4. The third-order valence-electron chi connectivity index (χ3n) is 3.64. The number of carbonyl (C=O) groups excluding carboxylic acids is 1. The van der Waals surface area contributed by atoms with Gasteiger partial charge in [-0.3, -0.25) is 4.79 Å². The van der Waals surface area contributed by atoms with Crippen LogP contribution in [0.5, 0.6) is 11.5 Å². The molecule has 24 heavy (non-hydrogen) atoms. The second-order valence-corrected chi connectivity index (χ2v) is 5.26. The number of hydrogen-bond donors (Lipinski definition) is 0. The lowest BCUT2D eigenvalue weighted by atomic mass is 10.2. The molecule has 3 rings (SSSR count). The van der Waals surface area contributed by atoms with E-state index in [1.54, 1.807) is 24.2 Å². The van der Waals surface area contributed by atoms with Gasteiger partial charge in [0.25, 0.3) is 5.91 Å². The van der Waals surface area contributed by atoms with Gasteiger partial charge in [0.2, 0.25) is 0 Å². The summed E-state index contributed by atoms with van der Waals surface area (Å²) < 4.78 is 15.8. The molecule has 0 aliphatic carbocycles. The van der Waals surface area contributed by atoms with Crippen molar-refractivity contribution in [1.82, 2.24) is 0 Å². The Morgan fingerprint density at radius 1 is 1.21 bits per heavy atom. The molecule has 1 amide bonds. The number of anilines is 1. The van der Waals surface area contributed by atoms with Gasteiger partial charge in [-0.25, -0.2) is 0 Å². The van der Waals surface area contributed by atoms with Crippen LogP contribution in [0.25, 0.3) is 6.08 Å². The molecule has 124 valence electrons. The molecule has 1 aliphatic rings. The van der Waals surface area contributed by atoms with Crippen LogP contribution in [-0.2, 0) is 9.53 Å². The summed E-state index contributed by atoms with van der Waals surface area (Å²) in [6, 6.07) is 15.0. The molecule has 2 aromatic carbocycles. The summed E-state index contributed by atoms with van der Waals surface area (Å²) in [5.74, 6) is 1.40. The van der Waals surface area contributed by atoms with Crippen molar-refractivity contribution in [3.8, 4) is 11.5 Å². The molecular weight excluding hydrogens is 306 g/mol. The Kier molecular flexibility index (Phi) is 5.13. The maximum Gasteiger partial charge on any atom is 0.251 e. The van der Waals surface area contributed by atoms with Crippen molar-refractivity contribution in [2.45, 2.75) is 0 Å². The second-order valence-electron chi connectivity index (χ2n) is 5.26. The predicted octanol–water partition coefficient (Wildman–Crippen LogP) is 3.11. The first kappa shape index (κ1) is 16.1. The minimum absolute atomic E-state index is 0.0644. The molecule has 0 N–H and O–H groups in total. The van der Waals surface area contributed by atoms with Gasteiger partial charge in [-0.2, -0.15) is 0 Å². The summed E-state index contributed by atoms with van der Waals surface area (Å²) in [4.78, 5) is 14.2. The lowest BCUT2D eigenvalue weighted by Gasteiger charge is -2.28. The average Bonchev–Trinajstić information content (AvgIpc) is 2.64. The van der Waals surface area contributed by atoms with E-state index in [0.717, 1.165) is 22.7 Å². The van der Waals surface area contributed by atoms with Crippen LogP contribution >= 0.6 is 0 Å².